The van der Waals surface area contributed by atoms with E-state index in [-0.39, 0.29) is 12.2 Å². The second-order valence-electron chi connectivity index (χ2n) is 11.6. The minimum absolute atomic E-state index is 0.198. The lowest BCUT2D eigenvalue weighted by Crippen LogP contribution is -2.30. The minimum atomic E-state index is 0.198. The van der Waals surface area contributed by atoms with Crippen LogP contribution in [0.3, 0.4) is 0 Å². The van der Waals surface area contributed by atoms with Gasteiger partial charge in [0.1, 0.15) is 11.9 Å². The smallest absolute Gasteiger partial charge is 0.119 e. The van der Waals surface area contributed by atoms with Crippen molar-refractivity contribution in [1.82, 2.24) is 0 Å². The zero-order valence-electron chi connectivity index (χ0n) is 24.8. The topological polar surface area (TPSA) is 36.9 Å². The van der Waals surface area contributed by atoms with E-state index in [1.54, 1.807) is 0 Å². The van der Waals surface area contributed by atoms with Gasteiger partial charge < -0.3 is 18.9 Å². The zero-order valence-corrected chi connectivity index (χ0v) is 25.6. The molecule has 0 radical (unpaired) electrons. The molecule has 4 nitrogen and oxygen atoms in total. The lowest BCUT2D eigenvalue weighted by atomic mass is 9.98. The van der Waals surface area contributed by atoms with Gasteiger partial charge in [0.05, 0.1) is 39.1 Å². The quantitative estimate of drug-likeness (QED) is 0.164. The summed E-state index contributed by atoms with van der Waals surface area (Å²) in [5.41, 5.74) is 6.44. The molecule has 0 spiro atoms. The highest BCUT2D eigenvalue weighted by molar-refractivity contribution is 8.00. The fraction of sp³-hybridized carbons (Fsp3) is 0.368. The second-order valence-corrected chi connectivity index (χ2v) is 13.1. The SMILES string of the molecule is c1ccc(COCC2C[C@H](OCc3ccccc3)C[C@H](c3cccc(Cc4ccc(OC5CCOCC5)cc4)c3)S2)cc1. The van der Waals surface area contributed by atoms with Gasteiger partial charge in [-0.25, -0.2) is 0 Å². The van der Waals surface area contributed by atoms with Gasteiger partial charge in [0.2, 0.25) is 0 Å². The molecule has 2 aliphatic heterocycles. The molecule has 224 valence electrons. The van der Waals surface area contributed by atoms with Crippen LogP contribution in [0.4, 0.5) is 0 Å². The molecule has 1 unspecified atom stereocenters. The van der Waals surface area contributed by atoms with Gasteiger partial charge in [-0.3, -0.25) is 0 Å². The molecule has 4 aromatic rings. The van der Waals surface area contributed by atoms with Crippen molar-refractivity contribution in [3.05, 3.63) is 137 Å². The Hall–Kier alpha value is -3.09. The lowest BCUT2D eigenvalue weighted by Gasteiger charge is -2.35. The Morgan fingerprint density at radius 1 is 0.651 bits per heavy atom. The van der Waals surface area contributed by atoms with E-state index < -0.39 is 0 Å². The van der Waals surface area contributed by atoms with Crippen LogP contribution in [-0.4, -0.2) is 37.3 Å². The average molecular weight is 595 g/mol. The van der Waals surface area contributed by atoms with E-state index in [9.17, 15) is 0 Å². The summed E-state index contributed by atoms with van der Waals surface area (Å²) in [5.74, 6) is 0.949. The van der Waals surface area contributed by atoms with E-state index in [4.69, 9.17) is 18.9 Å². The fourth-order valence-corrected chi connectivity index (χ4v) is 7.51. The van der Waals surface area contributed by atoms with Gasteiger partial charge in [0, 0.05) is 23.3 Å². The maximum absolute atomic E-state index is 6.52. The summed E-state index contributed by atoms with van der Waals surface area (Å²) < 4.78 is 24.4. The van der Waals surface area contributed by atoms with Crippen LogP contribution in [-0.2, 0) is 33.8 Å². The molecule has 0 bridgehead atoms. The molecule has 5 heteroatoms. The van der Waals surface area contributed by atoms with Crippen molar-refractivity contribution in [1.29, 1.82) is 0 Å². The van der Waals surface area contributed by atoms with Crippen LogP contribution in [0, 0.1) is 0 Å². The van der Waals surface area contributed by atoms with Gasteiger partial charge >= 0.3 is 0 Å². The zero-order chi connectivity index (χ0) is 29.1. The van der Waals surface area contributed by atoms with Gasteiger partial charge in [0.25, 0.3) is 0 Å². The van der Waals surface area contributed by atoms with E-state index >= 15 is 0 Å². The van der Waals surface area contributed by atoms with Gasteiger partial charge in [0.15, 0.2) is 0 Å². The van der Waals surface area contributed by atoms with Gasteiger partial charge in [-0.05, 0) is 59.2 Å². The van der Waals surface area contributed by atoms with Gasteiger partial charge in [-0.2, -0.15) is 0 Å². The molecule has 43 heavy (non-hydrogen) atoms. The molecule has 6 rings (SSSR count). The molecule has 3 atom stereocenters. The molecule has 0 aliphatic carbocycles. The first kappa shape index (κ1) is 30.0. The Labute approximate surface area is 260 Å². The molecule has 2 heterocycles. The van der Waals surface area contributed by atoms with Crippen molar-refractivity contribution in [3.8, 4) is 5.75 Å². The Morgan fingerprint density at radius 2 is 1.35 bits per heavy atom. The lowest BCUT2D eigenvalue weighted by molar-refractivity contribution is 0.0180. The van der Waals surface area contributed by atoms with Crippen LogP contribution in [0.5, 0.6) is 5.75 Å². The van der Waals surface area contributed by atoms with Crippen LogP contribution in [0.25, 0.3) is 0 Å². The van der Waals surface area contributed by atoms with E-state index in [0.29, 0.717) is 23.7 Å². The second kappa shape index (κ2) is 15.6. The molecular formula is C38H42O4S. The number of hydrogen-bond acceptors (Lipinski definition) is 5. The van der Waals surface area contributed by atoms with Gasteiger partial charge in [-0.15, -0.1) is 11.8 Å². The van der Waals surface area contributed by atoms with E-state index in [1.807, 2.05) is 17.8 Å². The Morgan fingerprint density at radius 3 is 2.09 bits per heavy atom. The molecule has 2 fully saturated rings. The van der Waals surface area contributed by atoms with Crippen LogP contribution >= 0.6 is 11.8 Å². The number of benzene rings is 4. The molecule has 2 saturated heterocycles. The molecule has 0 amide bonds. The van der Waals surface area contributed by atoms with E-state index in [0.717, 1.165) is 57.7 Å². The van der Waals surface area contributed by atoms with Crippen molar-refractivity contribution in [2.24, 2.45) is 0 Å². The van der Waals surface area contributed by atoms with Crippen molar-refractivity contribution in [2.45, 2.75) is 68.0 Å². The van der Waals surface area contributed by atoms with Crippen LogP contribution < -0.4 is 4.74 Å². The molecular weight excluding hydrogens is 552 g/mol. The normalized spacial score (nSPS) is 21.0. The number of rotatable bonds is 12. The number of hydrogen-bond donors (Lipinski definition) is 0. The van der Waals surface area contributed by atoms with Crippen LogP contribution in [0.2, 0.25) is 0 Å². The predicted molar refractivity (Wildman–Crippen MR) is 175 cm³/mol. The maximum Gasteiger partial charge on any atom is 0.119 e. The third kappa shape index (κ3) is 9.20. The summed E-state index contributed by atoms with van der Waals surface area (Å²) in [6.07, 6.45) is 5.30. The molecule has 0 saturated carbocycles. The summed E-state index contributed by atoms with van der Waals surface area (Å²) in [4.78, 5) is 0. The fourth-order valence-electron chi connectivity index (χ4n) is 5.91. The summed E-state index contributed by atoms with van der Waals surface area (Å²) >= 11 is 2.05. The highest BCUT2D eigenvalue weighted by Gasteiger charge is 2.31. The third-order valence-electron chi connectivity index (χ3n) is 8.23. The summed E-state index contributed by atoms with van der Waals surface area (Å²) in [6, 6.07) is 38.7. The van der Waals surface area contributed by atoms with E-state index in [1.165, 1.54) is 27.8 Å². The monoisotopic (exact) mass is 594 g/mol. The Kier molecular flexibility index (Phi) is 10.9. The molecule has 4 aromatic carbocycles. The van der Waals surface area contributed by atoms with Crippen molar-refractivity contribution < 1.29 is 18.9 Å². The standard InChI is InChI=1S/C38H42O4S/c1-3-8-30(9-4-1)26-40-28-37-24-36(41-27-31-10-5-2-6-11-31)25-38(43-37)33-13-7-12-32(23-33)22-29-14-16-34(17-15-29)42-35-18-20-39-21-19-35/h1-17,23,35-38H,18-22,24-28H2/t36-,37?,38+/m0/s1. The third-order valence-corrected chi connectivity index (χ3v) is 9.74. The summed E-state index contributed by atoms with van der Waals surface area (Å²) in [5, 5.41) is 0.755. The minimum Gasteiger partial charge on any atom is -0.490 e. The number of ether oxygens (including phenoxy) is 4. The van der Waals surface area contributed by atoms with Crippen molar-refractivity contribution in [2.75, 3.05) is 19.8 Å². The first-order valence-electron chi connectivity index (χ1n) is 15.6. The Balaban J connectivity index is 1.09. The highest BCUT2D eigenvalue weighted by Crippen LogP contribution is 2.44. The van der Waals surface area contributed by atoms with Crippen molar-refractivity contribution in [3.63, 3.8) is 0 Å². The van der Waals surface area contributed by atoms with Crippen LogP contribution in [0.1, 0.15) is 58.8 Å². The summed E-state index contributed by atoms with van der Waals surface area (Å²) in [6.45, 7) is 3.60. The van der Waals surface area contributed by atoms with Crippen molar-refractivity contribution >= 4 is 11.8 Å². The maximum atomic E-state index is 6.52. The Bertz CT molecular complexity index is 1370. The predicted octanol–water partition coefficient (Wildman–Crippen LogP) is 8.57. The highest BCUT2D eigenvalue weighted by atomic mass is 32.2. The molecule has 0 aromatic heterocycles. The first-order valence-corrected chi connectivity index (χ1v) is 16.6. The summed E-state index contributed by atoms with van der Waals surface area (Å²) in [7, 11) is 0. The largest absolute Gasteiger partial charge is 0.490 e. The molecule has 0 N–H and O–H groups in total. The molecule has 2 aliphatic rings. The van der Waals surface area contributed by atoms with Gasteiger partial charge in [-0.1, -0.05) is 97.1 Å². The van der Waals surface area contributed by atoms with Crippen LogP contribution in [0.15, 0.2) is 109 Å². The first-order chi connectivity index (χ1) is 21.3. The number of thioether (sulfide) groups is 1. The van der Waals surface area contributed by atoms with E-state index in [2.05, 4.69) is 103 Å². The average Bonchev–Trinajstić information content (AvgIpc) is 3.06.